The zero-order valence-corrected chi connectivity index (χ0v) is 16.0. The molecule has 3 N–H and O–H groups in total. The molecule has 0 saturated carbocycles. The van der Waals surface area contributed by atoms with Gasteiger partial charge in [0.15, 0.2) is 0 Å². The van der Waals surface area contributed by atoms with Crippen LogP contribution in [0.15, 0.2) is 72.9 Å². The van der Waals surface area contributed by atoms with Crippen LogP contribution in [0, 0.1) is 0 Å². The summed E-state index contributed by atoms with van der Waals surface area (Å²) in [4.78, 5) is 16.3. The van der Waals surface area contributed by atoms with Gasteiger partial charge >= 0.3 is 6.09 Å². The van der Waals surface area contributed by atoms with Crippen molar-refractivity contribution >= 4 is 17.9 Å². The van der Waals surface area contributed by atoms with Crippen molar-refractivity contribution < 1.29 is 9.53 Å². The fourth-order valence-corrected chi connectivity index (χ4v) is 3.63. The second-order valence-electron chi connectivity index (χ2n) is 6.96. The maximum absolute atomic E-state index is 12.1. The fraction of sp³-hybridized carbons (Fsp3) is 0.167. The van der Waals surface area contributed by atoms with E-state index in [1.165, 1.54) is 22.3 Å². The zero-order valence-electron chi connectivity index (χ0n) is 16.0. The standard InChI is InChI=1S/C24H23N3O2/c25-17-12-13-18(27-15-17)7-5-6-14-26-24(28)29-16-23-21-10-3-1-8-19(21)20-9-2-4-11-22(20)23/h1-5,7-13,15,23H,6,14,16,25H2,(H,26,28). The van der Waals surface area contributed by atoms with Crippen LogP contribution in [0.2, 0.25) is 0 Å². The Bertz CT molecular complexity index is 983. The van der Waals surface area contributed by atoms with Crippen molar-refractivity contribution in [2.24, 2.45) is 0 Å². The van der Waals surface area contributed by atoms with E-state index in [9.17, 15) is 4.79 Å². The summed E-state index contributed by atoms with van der Waals surface area (Å²) < 4.78 is 5.52. The third-order valence-corrected chi connectivity index (χ3v) is 5.02. The first-order valence-corrected chi connectivity index (χ1v) is 9.69. The fourth-order valence-electron chi connectivity index (χ4n) is 3.63. The molecule has 0 aliphatic heterocycles. The minimum Gasteiger partial charge on any atom is -0.449 e. The van der Waals surface area contributed by atoms with Crippen molar-refractivity contribution in [3.63, 3.8) is 0 Å². The Morgan fingerprint density at radius 1 is 1.03 bits per heavy atom. The molecule has 0 spiro atoms. The lowest BCUT2D eigenvalue weighted by Crippen LogP contribution is -2.26. The molecule has 0 fully saturated rings. The summed E-state index contributed by atoms with van der Waals surface area (Å²) in [6.07, 6.45) is 5.78. The van der Waals surface area contributed by atoms with Gasteiger partial charge in [0, 0.05) is 12.5 Å². The van der Waals surface area contributed by atoms with Crippen LogP contribution in [0.4, 0.5) is 10.5 Å². The van der Waals surface area contributed by atoms with E-state index in [1.54, 1.807) is 6.20 Å². The van der Waals surface area contributed by atoms with Gasteiger partial charge in [-0.25, -0.2) is 4.79 Å². The van der Waals surface area contributed by atoms with Crippen LogP contribution in [0.1, 0.15) is 29.2 Å². The Labute approximate surface area is 170 Å². The summed E-state index contributed by atoms with van der Waals surface area (Å²) in [6, 6.07) is 20.3. The highest BCUT2D eigenvalue weighted by molar-refractivity contribution is 5.79. The van der Waals surface area contributed by atoms with Crippen LogP contribution in [-0.2, 0) is 4.74 Å². The minimum atomic E-state index is -0.397. The van der Waals surface area contributed by atoms with E-state index in [4.69, 9.17) is 10.5 Å². The number of nitrogens with two attached hydrogens (primary N) is 1. The molecule has 0 radical (unpaired) electrons. The number of aromatic nitrogens is 1. The van der Waals surface area contributed by atoms with Crippen LogP contribution < -0.4 is 11.1 Å². The van der Waals surface area contributed by atoms with Crippen molar-refractivity contribution in [1.82, 2.24) is 10.3 Å². The highest BCUT2D eigenvalue weighted by atomic mass is 16.5. The summed E-state index contributed by atoms with van der Waals surface area (Å²) in [5.74, 6) is 0.0737. The number of ether oxygens (including phenoxy) is 1. The number of hydrogen-bond acceptors (Lipinski definition) is 4. The predicted molar refractivity (Wildman–Crippen MR) is 115 cm³/mol. The van der Waals surface area contributed by atoms with E-state index < -0.39 is 6.09 Å². The molecule has 1 amide bonds. The zero-order chi connectivity index (χ0) is 20.1. The average Bonchev–Trinajstić information content (AvgIpc) is 3.07. The summed E-state index contributed by atoms with van der Waals surface area (Å²) in [6.45, 7) is 0.827. The highest BCUT2D eigenvalue weighted by Crippen LogP contribution is 2.44. The summed E-state index contributed by atoms with van der Waals surface area (Å²) in [5.41, 5.74) is 11.9. The number of nitrogens with zero attached hydrogens (tertiary/aromatic N) is 1. The molecule has 1 aliphatic rings. The lowest BCUT2D eigenvalue weighted by Gasteiger charge is -2.14. The van der Waals surface area contributed by atoms with E-state index >= 15 is 0 Å². The lowest BCUT2D eigenvalue weighted by molar-refractivity contribution is 0.143. The number of pyridine rings is 1. The number of hydrogen-bond donors (Lipinski definition) is 2. The van der Waals surface area contributed by atoms with Gasteiger partial charge in [0.25, 0.3) is 0 Å². The highest BCUT2D eigenvalue weighted by Gasteiger charge is 2.28. The van der Waals surface area contributed by atoms with Gasteiger partial charge in [0.1, 0.15) is 6.61 Å². The van der Waals surface area contributed by atoms with Crippen LogP contribution in [0.5, 0.6) is 0 Å². The lowest BCUT2D eigenvalue weighted by atomic mass is 9.98. The molecule has 5 heteroatoms. The molecule has 1 aromatic heterocycles. The van der Waals surface area contributed by atoms with Crippen LogP contribution in [-0.4, -0.2) is 24.2 Å². The van der Waals surface area contributed by atoms with Crippen molar-refractivity contribution in [2.45, 2.75) is 12.3 Å². The summed E-state index contributed by atoms with van der Waals surface area (Å²) >= 11 is 0. The molecule has 1 heterocycles. The largest absolute Gasteiger partial charge is 0.449 e. The number of nitrogen functional groups attached to an aromatic ring is 1. The summed E-state index contributed by atoms with van der Waals surface area (Å²) in [7, 11) is 0. The molecule has 3 aromatic rings. The number of benzene rings is 2. The van der Waals surface area contributed by atoms with Gasteiger partial charge in [-0.1, -0.05) is 54.6 Å². The van der Waals surface area contributed by atoms with Crippen LogP contribution in [0.25, 0.3) is 17.2 Å². The van der Waals surface area contributed by atoms with E-state index in [1.807, 2.05) is 48.6 Å². The molecule has 0 saturated heterocycles. The van der Waals surface area contributed by atoms with E-state index in [2.05, 4.69) is 34.6 Å². The second kappa shape index (κ2) is 8.61. The molecule has 0 bridgehead atoms. The molecule has 0 atom stereocenters. The molecule has 1 aliphatic carbocycles. The number of carbonyl (C=O) groups is 1. The molecule has 0 unspecified atom stereocenters. The van der Waals surface area contributed by atoms with Gasteiger partial charge in [0.2, 0.25) is 0 Å². The molecular weight excluding hydrogens is 362 g/mol. The number of fused-ring (bicyclic) bond motifs is 3. The van der Waals surface area contributed by atoms with E-state index in [-0.39, 0.29) is 5.92 Å². The number of alkyl carbamates (subject to hydrolysis) is 1. The first kappa shape index (κ1) is 18.7. The molecule has 2 aromatic carbocycles. The number of nitrogens with one attached hydrogen (secondary N) is 1. The maximum Gasteiger partial charge on any atom is 0.407 e. The van der Waals surface area contributed by atoms with Crippen molar-refractivity contribution in [1.29, 1.82) is 0 Å². The van der Waals surface area contributed by atoms with E-state index in [0.29, 0.717) is 25.3 Å². The average molecular weight is 385 g/mol. The van der Waals surface area contributed by atoms with Crippen LogP contribution >= 0.6 is 0 Å². The Hall–Kier alpha value is -3.60. The Morgan fingerprint density at radius 3 is 2.38 bits per heavy atom. The smallest absolute Gasteiger partial charge is 0.407 e. The normalized spacial score (nSPS) is 12.6. The molecule has 146 valence electrons. The van der Waals surface area contributed by atoms with Crippen molar-refractivity contribution in [3.8, 4) is 11.1 Å². The first-order valence-electron chi connectivity index (χ1n) is 9.69. The van der Waals surface area contributed by atoms with Gasteiger partial charge in [-0.3, -0.25) is 4.98 Å². The van der Waals surface area contributed by atoms with Crippen LogP contribution in [0.3, 0.4) is 0 Å². The van der Waals surface area contributed by atoms with Gasteiger partial charge in [-0.05, 0) is 46.9 Å². The van der Waals surface area contributed by atoms with Gasteiger partial charge < -0.3 is 15.8 Å². The molecular formula is C24H23N3O2. The molecule has 29 heavy (non-hydrogen) atoms. The number of rotatable bonds is 6. The molecule has 4 rings (SSSR count). The summed E-state index contributed by atoms with van der Waals surface area (Å²) in [5, 5.41) is 2.80. The third kappa shape index (κ3) is 4.29. The Balaban J connectivity index is 1.27. The third-order valence-electron chi connectivity index (χ3n) is 5.02. The monoisotopic (exact) mass is 385 g/mol. The SMILES string of the molecule is Nc1ccc(C=CCCNC(=O)OCC2c3ccccc3-c3ccccc32)nc1. The minimum absolute atomic E-state index is 0.0737. The Kier molecular flexibility index (Phi) is 5.56. The second-order valence-corrected chi connectivity index (χ2v) is 6.96. The molecule has 5 nitrogen and oxygen atoms in total. The van der Waals surface area contributed by atoms with Crippen molar-refractivity contribution in [3.05, 3.63) is 89.8 Å². The maximum atomic E-state index is 12.1. The van der Waals surface area contributed by atoms with Crippen molar-refractivity contribution in [2.75, 3.05) is 18.9 Å². The van der Waals surface area contributed by atoms with Gasteiger partial charge in [-0.15, -0.1) is 0 Å². The topological polar surface area (TPSA) is 77.2 Å². The number of amides is 1. The van der Waals surface area contributed by atoms with E-state index in [0.717, 1.165) is 5.69 Å². The van der Waals surface area contributed by atoms with Gasteiger partial charge in [0.05, 0.1) is 17.6 Å². The first-order chi connectivity index (χ1) is 14.2. The van der Waals surface area contributed by atoms with Gasteiger partial charge in [-0.2, -0.15) is 0 Å². The number of carbonyl (C=O) groups excluding carboxylic acids is 1. The number of anilines is 1. The predicted octanol–water partition coefficient (Wildman–Crippen LogP) is 4.61. The Morgan fingerprint density at radius 2 is 1.72 bits per heavy atom. The quantitative estimate of drug-likeness (QED) is 0.608.